The molecule has 0 heterocycles. The summed E-state index contributed by atoms with van der Waals surface area (Å²) in [4.78, 5) is 4.36. The number of nitrogens with one attached hydrogen (secondary N) is 2. The molecule has 0 aliphatic carbocycles. The summed E-state index contributed by atoms with van der Waals surface area (Å²) in [6.45, 7) is 3.34. The van der Waals surface area contributed by atoms with Gasteiger partial charge in [-0.05, 0) is 36.8 Å². The van der Waals surface area contributed by atoms with Gasteiger partial charge >= 0.3 is 0 Å². The van der Waals surface area contributed by atoms with Gasteiger partial charge in [0.05, 0.1) is 13.2 Å². The Bertz CT molecular complexity index is 711. The van der Waals surface area contributed by atoms with Crippen molar-refractivity contribution >= 4 is 5.96 Å². The first-order valence-corrected chi connectivity index (χ1v) is 9.36. The highest BCUT2D eigenvalue weighted by molar-refractivity contribution is 5.79. The number of halogens is 1. The van der Waals surface area contributed by atoms with Crippen LogP contribution in [0, 0.1) is 5.82 Å². The fourth-order valence-corrected chi connectivity index (χ4v) is 2.55. The molecule has 7 heteroatoms. The maximum Gasteiger partial charge on any atom is 0.191 e. The zero-order chi connectivity index (χ0) is 20.2. The molecule has 4 N–H and O–H groups in total. The van der Waals surface area contributed by atoms with E-state index in [4.69, 9.17) is 4.74 Å². The molecule has 2 aromatic rings. The SMILES string of the molecule is CCNC(=NCC(O)COc1ccc(F)cc1)NCC(CO)c1ccccc1. The first kappa shape index (κ1) is 21.7. The summed E-state index contributed by atoms with van der Waals surface area (Å²) >= 11 is 0. The summed E-state index contributed by atoms with van der Waals surface area (Å²) in [7, 11) is 0. The first-order chi connectivity index (χ1) is 13.6. The van der Waals surface area contributed by atoms with Crippen LogP contribution in [0.15, 0.2) is 59.6 Å². The summed E-state index contributed by atoms with van der Waals surface area (Å²) in [5, 5.41) is 26.0. The van der Waals surface area contributed by atoms with Crippen molar-refractivity contribution in [3.8, 4) is 5.75 Å². The van der Waals surface area contributed by atoms with E-state index in [0.717, 1.165) is 5.56 Å². The molecule has 2 atom stereocenters. The third-order valence-electron chi connectivity index (χ3n) is 4.07. The molecule has 0 aliphatic rings. The van der Waals surface area contributed by atoms with Gasteiger partial charge in [0, 0.05) is 19.0 Å². The van der Waals surface area contributed by atoms with Gasteiger partial charge in [-0.1, -0.05) is 30.3 Å². The minimum absolute atomic E-state index is 0.0184. The Morgan fingerprint density at radius 1 is 1.11 bits per heavy atom. The lowest BCUT2D eigenvalue weighted by Crippen LogP contribution is -2.40. The van der Waals surface area contributed by atoms with Gasteiger partial charge in [0.1, 0.15) is 24.3 Å². The standard InChI is InChI=1S/C21H28FN3O3/c1-2-23-21(24-12-17(14-26)16-6-4-3-5-7-16)25-13-19(27)15-28-20-10-8-18(22)9-11-20/h3-11,17,19,26-27H,2,12-15H2,1H3,(H2,23,24,25). The van der Waals surface area contributed by atoms with Crippen molar-refractivity contribution in [2.45, 2.75) is 18.9 Å². The Morgan fingerprint density at radius 3 is 2.46 bits per heavy atom. The quantitative estimate of drug-likeness (QED) is 0.368. The van der Waals surface area contributed by atoms with Crippen LogP contribution >= 0.6 is 0 Å². The molecule has 2 unspecified atom stereocenters. The minimum atomic E-state index is -0.803. The second-order valence-corrected chi connectivity index (χ2v) is 6.31. The molecule has 6 nitrogen and oxygen atoms in total. The van der Waals surface area contributed by atoms with Gasteiger partial charge in [0.15, 0.2) is 5.96 Å². The van der Waals surface area contributed by atoms with Crippen LogP contribution in [-0.2, 0) is 0 Å². The van der Waals surface area contributed by atoms with Crippen LogP contribution in [0.25, 0.3) is 0 Å². The molecule has 0 aliphatic heterocycles. The zero-order valence-electron chi connectivity index (χ0n) is 16.0. The number of guanidine groups is 1. The molecule has 0 radical (unpaired) electrons. The number of aliphatic hydroxyl groups is 2. The number of hydrogen-bond donors (Lipinski definition) is 4. The van der Waals surface area contributed by atoms with E-state index >= 15 is 0 Å². The minimum Gasteiger partial charge on any atom is -0.491 e. The molecule has 0 spiro atoms. The normalized spacial score (nSPS) is 13.6. The molecule has 152 valence electrons. The van der Waals surface area contributed by atoms with Crippen molar-refractivity contribution < 1.29 is 19.3 Å². The fourth-order valence-electron chi connectivity index (χ4n) is 2.55. The van der Waals surface area contributed by atoms with Crippen molar-refractivity contribution in [3.05, 3.63) is 66.0 Å². The average molecular weight is 389 g/mol. The lowest BCUT2D eigenvalue weighted by Gasteiger charge is -2.18. The van der Waals surface area contributed by atoms with Crippen molar-refractivity contribution in [2.24, 2.45) is 4.99 Å². The molecule has 2 rings (SSSR count). The highest BCUT2D eigenvalue weighted by atomic mass is 19.1. The monoisotopic (exact) mass is 389 g/mol. The molecule has 28 heavy (non-hydrogen) atoms. The van der Waals surface area contributed by atoms with Crippen molar-refractivity contribution in [2.75, 3.05) is 32.8 Å². The number of benzene rings is 2. The summed E-state index contributed by atoms with van der Waals surface area (Å²) < 4.78 is 18.3. The fraction of sp³-hybridized carbons (Fsp3) is 0.381. The van der Waals surface area contributed by atoms with E-state index in [2.05, 4.69) is 15.6 Å². The number of nitrogens with zero attached hydrogens (tertiary/aromatic N) is 1. The number of hydrogen-bond acceptors (Lipinski definition) is 4. The van der Waals surface area contributed by atoms with Gasteiger partial charge in [-0.3, -0.25) is 4.99 Å². The Hall–Kier alpha value is -2.64. The second kappa shape index (κ2) is 11.9. The van der Waals surface area contributed by atoms with E-state index in [1.807, 2.05) is 37.3 Å². The maximum absolute atomic E-state index is 12.9. The van der Waals surface area contributed by atoms with Crippen LogP contribution < -0.4 is 15.4 Å². The van der Waals surface area contributed by atoms with Gasteiger partial charge in [-0.25, -0.2) is 4.39 Å². The van der Waals surface area contributed by atoms with E-state index in [1.165, 1.54) is 24.3 Å². The molecular formula is C21H28FN3O3. The molecule has 0 amide bonds. The van der Waals surface area contributed by atoms with Gasteiger partial charge in [0.2, 0.25) is 0 Å². The lowest BCUT2D eigenvalue weighted by molar-refractivity contribution is 0.114. The Morgan fingerprint density at radius 2 is 1.82 bits per heavy atom. The smallest absolute Gasteiger partial charge is 0.191 e. The Kier molecular flexibility index (Phi) is 9.24. The van der Waals surface area contributed by atoms with Crippen molar-refractivity contribution in [3.63, 3.8) is 0 Å². The molecule has 0 bridgehead atoms. The van der Waals surface area contributed by atoms with Crippen LogP contribution in [0.2, 0.25) is 0 Å². The van der Waals surface area contributed by atoms with Crippen LogP contribution in [0.5, 0.6) is 5.75 Å². The zero-order valence-corrected chi connectivity index (χ0v) is 16.0. The third kappa shape index (κ3) is 7.54. The van der Waals surface area contributed by atoms with Crippen LogP contribution in [0.3, 0.4) is 0 Å². The lowest BCUT2D eigenvalue weighted by atomic mass is 10.0. The van der Waals surface area contributed by atoms with E-state index in [9.17, 15) is 14.6 Å². The van der Waals surface area contributed by atoms with Gasteiger partial charge in [-0.15, -0.1) is 0 Å². The van der Waals surface area contributed by atoms with E-state index < -0.39 is 6.10 Å². The number of rotatable bonds is 10. The van der Waals surface area contributed by atoms with Crippen molar-refractivity contribution in [1.29, 1.82) is 0 Å². The predicted molar refractivity (Wildman–Crippen MR) is 108 cm³/mol. The first-order valence-electron chi connectivity index (χ1n) is 9.36. The Labute approximate surface area is 165 Å². The van der Waals surface area contributed by atoms with Gasteiger partial charge in [0.25, 0.3) is 0 Å². The predicted octanol–water partition coefficient (Wildman–Crippen LogP) is 1.90. The molecule has 0 aromatic heterocycles. The molecule has 0 saturated heterocycles. The van der Waals surface area contributed by atoms with E-state index in [1.54, 1.807) is 0 Å². The van der Waals surface area contributed by atoms with E-state index in [0.29, 0.717) is 24.8 Å². The molecule has 0 saturated carbocycles. The van der Waals surface area contributed by atoms with Gasteiger partial charge in [-0.2, -0.15) is 0 Å². The summed E-state index contributed by atoms with van der Waals surface area (Å²) in [5.41, 5.74) is 1.04. The molecule has 2 aromatic carbocycles. The Balaban J connectivity index is 1.83. The van der Waals surface area contributed by atoms with E-state index in [-0.39, 0.29) is 31.5 Å². The number of ether oxygens (including phenoxy) is 1. The van der Waals surface area contributed by atoms with Crippen LogP contribution in [-0.4, -0.2) is 55.1 Å². The summed E-state index contributed by atoms with van der Waals surface area (Å²) in [6, 6.07) is 15.4. The topological polar surface area (TPSA) is 86.1 Å². The van der Waals surface area contributed by atoms with Crippen molar-refractivity contribution in [1.82, 2.24) is 10.6 Å². The maximum atomic E-state index is 12.9. The molecule has 0 fully saturated rings. The average Bonchev–Trinajstić information content (AvgIpc) is 2.72. The van der Waals surface area contributed by atoms with Crippen LogP contribution in [0.4, 0.5) is 4.39 Å². The highest BCUT2D eigenvalue weighted by Crippen LogP contribution is 2.13. The highest BCUT2D eigenvalue weighted by Gasteiger charge is 2.11. The second-order valence-electron chi connectivity index (χ2n) is 6.31. The largest absolute Gasteiger partial charge is 0.491 e. The summed E-state index contributed by atoms with van der Waals surface area (Å²) in [5.74, 6) is 0.646. The third-order valence-corrected chi connectivity index (χ3v) is 4.07. The number of aliphatic imine (C=N–C) groups is 1. The number of aliphatic hydroxyl groups excluding tert-OH is 2. The van der Waals surface area contributed by atoms with Crippen LogP contribution in [0.1, 0.15) is 18.4 Å². The summed E-state index contributed by atoms with van der Waals surface area (Å²) in [6.07, 6.45) is -0.803. The molecular weight excluding hydrogens is 361 g/mol. The van der Waals surface area contributed by atoms with Gasteiger partial charge < -0.3 is 25.6 Å².